The molecule has 3 heteroatoms. The second-order valence-corrected chi connectivity index (χ2v) is 6.27. The summed E-state index contributed by atoms with van der Waals surface area (Å²) in [5.74, 6) is 2.63. The Kier molecular flexibility index (Phi) is 4.35. The van der Waals surface area contributed by atoms with Gasteiger partial charge in [-0.05, 0) is 43.3 Å². The molecule has 1 atom stereocenters. The van der Waals surface area contributed by atoms with Gasteiger partial charge in [-0.1, -0.05) is 6.42 Å². The van der Waals surface area contributed by atoms with Crippen molar-refractivity contribution in [3.8, 4) is 0 Å². The standard InChI is InChI=1S/C12H23NOS/c14-7-6-12(4-2-5-12)10-13-11-3-1-8-15-9-11/h11,13-14H,1-10H2/t11-/m1/s1. The normalized spacial score (nSPS) is 29.8. The van der Waals surface area contributed by atoms with Crippen molar-refractivity contribution in [2.24, 2.45) is 5.41 Å². The van der Waals surface area contributed by atoms with E-state index in [-0.39, 0.29) is 0 Å². The topological polar surface area (TPSA) is 32.3 Å². The number of aliphatic hydroxyl groups is 1. The molecule has 2 aliphatic rings. The summed E-state index contributed by atoms with van der Waals surface area (Å²) in [7, 11) is 0. The second kappa shape index (κ2) is 5.55. The van der Waals surface area contributed by atoms with E-state index in [2.05, 4.69) is 17.1 Å². The summed E-state index contributed by atoms with van der Waals surface area (Å²) in [4.78, 5) is 0. The third-order valence-corrected chi connectivity index (χ3v) is 5.20. The fraction of sp³-hybridized carbons (Fsp3) is 1.00. The van der Waals surface area contributed by atoms with Crippen LogP contribution < -0.4 is 5.32 Å². The van der Waals surface area contributed by atoms with Gasteiger partial charge in [0.1, 0.15) is 0 Å². The highest BCUT2D eigenvalue weighted by Crippen LogP contribution is 2.43. The molecule has 0 aromatic rings. The van der Waals surface area contributed by atoms with Crippen molar-refractivity contribution in [3.63, 3.8) is 0 Å². The van der Waals surface area contributed by atoms with Crippen LogP contribution >= 0.6 is 11.8 Å². The Morgan fingerprint density at radius 2 is 2.20 bits per heavy atom. The molecule has 15 heavy (non-hydrogen) atoms. The van der Waals surface area contributed by atoms with Gasteiger partial charge in [-0.2, -0.15) is 11.8 Å². The first-order chi connectivity index (χ1) is 7.35. The highest BCUT2D eigenvalue weighted by Gasteiger charge is 2.36. The van der Waals surface area contributed by atoms with Crippen molar-refractivity contribution in [2.45, 2.75) is 44.6 Å². The number of thioether (sulfide) groups is 1. The molecule has 0 radical (unpaired) electrons. The zero-order valence-corrected chi connectivity index (χ0v) is 10.3. The van der Waals surface area contributed by atoms with E-state index in [9.17, 15) is 0 Å². The molecular formula is C12H23NOS. The zero-order valence-electron chi connectivity index (χ0n) is 9.50. The monoisotopic (exact) mass is 229 g/mol. The number of nitrogens with one attached hydrogen (secondary N) is 1. The van der Waals surface area contributed by atoms with Gasteiger partial charge in [0.25, 0.3) is 0 Å². The van der Waals surface area contributed by atoms with Crippen LogP contribution in [0.25, 0.3) is 0 Å². The van der Waals surface area contributed by atoms with Gasteiger partial charge < -0.3 is 10.4 Å². The summed E-state index contributed by atoms with van der Waals surface area (Å²) >= 11 is 2.08. The minimum Gasteiger partial charge on any atom is -0.396 e. The van der Waals surface area contributed by atoms with E-state index in [1.54, 1.807) is 0 Å². The van der Waals surface area contributed by atoms with Crippen molar-refractivity contribution in [3.05, 3.63) is 0 Å². The molecule has 0 aromatic heterocycles. The third kappa shape index (κ3) is 3.11. The maximum Gasteiger partial charge on any atom is 0.0436 e. The van der Waals surface area contributed by atoms with Crippen molar-refractivity contribution < 1.29 is 5.11 Å². The molecule has 1 saturated heterocycles. The van der Waals surface area contributed by atoms with Crippen LogP contribution in [0.2, 0.25) is 0 Å². The van der Waals surface area contributed by atoms with E-state index in [0.717, 1.165) is 19.0 Å². The molecule has 2 N–H and O–H groups in total. The SMILES string of the molecule is OCCC1(CN[C@@H]2CCCSC2)CCC1. The summed E-state index contributed by atoms with van der Waals surface area (Å²) < 4.78 is 0. The van der Waals surface area contributed by atoms with Gasteiger partial charge in [-0.3, -0.25) is 0 Å². The number of hydrogen-bond acceptors (Lipinski definition) is 3. The first kappa shape index (κ1) is 11.7. The fourth-order valence-corrected chi connectivity index (χ4v) is 3.80. The predicted octanol–water partition coefficient (Wildman–Crippen LogP) is 2.02. The van der Waals surface area contributed by atoms with E-state index in [4.69, 9.17) is 5.11 Å². The van der Waals surface area contributed by atoms with E-state index in [1.807, 2.05) is 0 Å². The van der Waals surface area contributed by atoms with Crippen LogP contribution in [0.1, 0.15) is 38.5 Å². The Balaban J connectivity index is 1.70. The lowest BCUT2D eigenvalue weighted by Crippen LogP contribution is -2.45. The molecule has 0 amide bonds. The first-order valence-corrected chi connectivity index (χ1v) is 7.42. The quantitative estimate of drug-likeness (QED) is 0.756. The van der Waals surface area contributed by atoms with Crippen LogP contribution in [0.3, 0.4) is 0 Å². The van der Waals surface area contributed by atoms with Gasteiger partial charge in [0.2, 0.25) is 0 Å². The number of hydrogen-bond donors (Lipinski definition) is 2. The molecule has 0 bridgehead atoms. The lowest BCUT2D eigenvalue weighted by molar-refractivity contribution is 0.0830. The molecule has 1 saturated carbocycles. The average molecular weight is 229 g/mol. The average Bonchev–Trinajstić information content (AvgIpc) is 2.23. The molecule has 0 aromatic carbocycles. The van der Waals surface area contributed by atoms with E-state index in [0.29, 0.717) is 12.0 Å². The predicted molar refractivity (Wildman–Crippen MR) is 66.3 cm³/mol. The van der Waals surface area contributed by atoms with Gasteiger partial charge in [0.05, 0.1) is 0 Å². The van der Waals surface area contributed by atoms with Gasteiger partial charge in [-0.25, -0.2) is 0 Å². The van der Waals surface area contributed by atoms with Crippen molar-refractivity contribution >= 4 is 11.8 Å². The Morgan fingerprint density at radius 1 is 1.33 bits per heavy atom. The van der Waals surface area contributed by atoms with Gasteiger partial charge >= 0.3 is 0 Å². The maximum atomic E-state index is 9.07. The number of aliphatic hydroxyl groups excluding tert-OH is 1. The largest absolute Gasteiger partial charge is 0.396 e. The lowest BCUT2D eigenvalue weighted by Gasteiger charge is -2.43. The summed E-state index contributed by atoms with van der Waals surface area (Å²) in [6, 6.07) is 0.736. The van der Waals surface area contributed by atoms with Crippen molar-refractivity contribution in [1.29, 1.82) is 0 Å². The molecule has 1 aliphatic heterocycles. The Bertz CT molecular complexity index is 188. The first-order valence-electron chi connectivity index (χ1n) is 6.27. The Morgan fingerprint density at radius 3 is 2.73 bits per heavy atom. The van der Waals surface area contributed by atoms with Crippen molar-refractivity contribution in [2.75, 3.05) is 24.7 Å². The number of rotatable bonds is 5. The highest BCUT2D eigenvalue weighted by molar-refractivity contribution is 7.99. The van der Waals surface area contributed by atoms with Crippen LogP contribution in [0.5, 0.6) is 0 Å². The molecule has 88 valence electrons. The summed E-state index contributed by atoms with van der Waals surface area (Å²) in [5, 5.41) is 12.8. The Hall–Kier alpha value is 0.270. The molecule has 0 spiro atoms. The third-order valence-electron chi connectivity index (χ3n) is 3.98. The van der Waals surface area contributed by atoms with Gasteiger partial charge in [0.15, 0.2) is 0 Å². The zero-order chi connectivity index (χ0) is 10.6. The second-order valence-electron chi connectivity index (χ2n) is 5.12. The lowest BCUT2D eigenvalue weighted by atomic mass is 9.66. The molecule has 2 rings (SSSR count). The maximum absolute atomic E-state index is 9.07. The minimum atomic E-state index is 0.362. The minimum absolute atomic E-state index is 0.362. The van der Waals surface area contributed by atoms with Gasteiger partial charge in [-0.15, -0.1) is 0 Å². The molecule has 0 unspecified atom stereocenters. The molecule has 2 fully saturated rings. The van der Waals surface area contributed by atoms with Crippen LogP contribution in [-0.2, 0) is 0 Å². The molecular weight excluding hydrogens is 206 g/mol. The van der Waals surface area contributed by atoms with Crippen LogP contribution in [0, 0.1) is 5.41 Å². The smallest absolute Gasteiger partial charge is 0.0436 e. The Labute approximate surface area is 97.2 Å². The molecule has 1 heterocycles. The summed E-state index contributed by atoms with van der Waals surface area (Å²) in [5.41, 5.74) is 0.455. The summed E-state index contributed by atoms with van der Waals surface area (Å²) in [6.07, 6.45) is 7.72. The van der Waals surface area contributed by atoms with Crippen LogP contribution in [-0.4, -0.2) is 35.8 Å². The molecule has 1 aliphatic carbocycles. The van der Waals surface area contributed by atoms with Crippen LogP contribution in [0.15, 0.2) is 0 Å². The highest BCUT2D eigenvalue weighted by atomic mass is 32.2. The fourth-order valence-electron chi connectivity index (χ4n) is 2.69. The van der Waals surface area contributed by atoms with E-state index < -0.39 is 0 Å². The van der Waals surface area contributed by atoms with Crippen molar-refractivity contribution in [1.82, 2.24) is 5.32 Å². The van der Waals surface area contributed by atoms with E-state index >= 15 is 0 Å². The summed E-state index contributed by atoms with van der Waals surface area (Å²) in [6.45, 7) is 1.50. The van der Waals surface area contributed by atoms with Gasteiger partial charge in [0, 0.05) is 24.9 Å². The molecule has 2 nitrogen and oxygen atoms in total. The van der Waals surface area contributed by atoms with Crippen LogP contribution in [0.4, 0.5) is 0 Å². The van der Waals surface area contributed by atoms with E-state index in [1.165, 1.54) is 43.6 Å².